The van der Waals surface area contributed by atoms with Gasteiger partial charge in [0.25, 0.3) is 0 Å². The highest BCUT2D eigenvalue weighted by molar-refractivity contribution is 6.82. The Hall–Kier alpha value is -0.463. The monoisotopic (exact) mass is 198 g/mol. The Balaban J connectivity index is 4.30. The van der Waals surface area contributed by atoms with E-state index in [4.69, 9.17) is 4.74 Å². The van der Waals surface area contributed by atoms with E-state index in [1.807, 2.05) is 0 Å². The molecule has 0 aromatic rings. The summed E-state index contributed by atoms with van der Waals surface area (Å²) in [5.41, 5.74) is 3.28. The van der Waals surface area contributed by atoms with E-state index in [0.29, 0.717) is 0 Å². The first-order valence-corrected chi connectivity index (χ1v) is 8.52. The van der Waals surface area contributed by atoms with E-state index >= 15 is 0 Å². The van der Waals surface area contributed by atoms with Crippen LogP contribution in [0.5, 0.6) is 0 Å². The number of rotatable bonds is 5. The third-order valence-corrected chi connectivity index (χ3v) is 3.53. The Morgan fingerprint density at radius 1 is 1.38 bits per heavy atom. The lowest BCUT2D eigenvalue weighted by Crippen LogP contribution is -2.24. The van der Waals surface area contributed by atoms with E-state index in [2.05, 4.69) is 38.4 Å². The highest BCUT2D eigenvalue weighted by Crippen LogP contribution is 2.13. The summed E-state index contributed by atoms with van der Waals surface area (Å²) in [5.74, 6) is 0. The summed E-state index contributed by atoms with van der Waals surface area (Å²) in [6.45, 7) is 9.01. The fourth-order valence-electron chi connectivity index (χ4n) is 1.05. The van der Waals surface area contributed by atoms with Gasteiger partial charge in [-0.2, -0.15) is 0 Å². The lowest BCUT2D eigenvalue weighted by Gasteiger charge is -2.16. The Labute approximate surface area is 83.5 Å². The molecular weight excluding hydrogens is 176 g/mol. The zero-order chi connectivity index (χ0) is 10.3. The molecule has 0 N–H and O–H groups in total. The average molecular weight is 198 g/mol. The molecule has 0 amide bonds. The molecule has 0 radical (unpaired) electrons. The zero-order valence-electron chi connectivity index (χ0n) is 9.61. The second-order valence-electron chi connectivity index (χ2n) is 4.27. The molecule has 0 fully saturated rings. The predicted molar refractivity (Wildman–Crippen MR) is 61.5 cm³/mol. The Kier molecular flexibility index (Phi) is 5.85. The highest BCUT2D eigenvalue weighted by atomic mass is 28.3. The van der Waals surface area contributed by atoms with Crippen LogP contribution in [0.1, 0.15) is 26.2 Å². The summed E-state index contributed by atoms with van der Waals surface area (Å²) >= 11 is 0. The summed E-state index contributed by atoms with van der Waals surface area (Å²) in [6, 6.07) is 0. The second-order valence-corrected chi connectivity index (χ2v) is 9.23. The molecule has 76 valence electrons. The van der Waals surface area contributed by atoms with Crippen LogP contribution >= 0.6 is 0 Å². The summed E-state index contributed by atoms with van der Waals surface area (Å²) in [6.07, 6.45) is 5.72. The van der Waals surface area contributed by atoms with Crippen molar-refractivity contribution in [3.05, 3.63) is 17.2 Å². The van der Waals surface area contributed by atoms with E-state index in [1.54, 1.807) is 7.11 Å². The first kappa shape index (κ1) is 12.5. The largest absolute Gasteiger partial charge is 0.498 e. The lowest BCUT2D eigenvalue weighted by atomic mass is 10.2. The van der Waals surface area contributed by atoms with Crippen molar-refractivity contribution in [3.63, 3.8) is 0 Å². The van der Waals surface area contributed by atoms with Crippen molar-refractivity contribution in [3.8, 4) is 0 Å². The van der Waals surface area contributed by atoms with Gasteiger partial charge in [-0.25, -0.2) is 0 Å². The van der Waals surface area contributed by atoms with Gasteiger partial charge in [-0.05, 0) is 18.9 Å². The van der Waals surface area contributed by atoms with Crippen molar-refractivity contribution in [2.45, 2.75) is 45.8 Å². The lowest BCUT2D eigenvalue weighted by molar-refractivity contribution is 0.317. The van der Waals surface area contributed by atoms with Crippen LogP contribution in [0.3, 0.4) is 0 Å². The molecule has 1 nitrogen and oxygen atoms in total. The van der Waals surface area contributed by atoms with Gasteiger partial charge >= 0.3 is 0 Å². The van der Waals surface area contributed by atoms with E-state index in [1.165, 1.54) is 12.8 Å². The number of hydrogen-bond donors (Lipinski definition) is 0. The van der Waals surface area contributed by atoms with Crippen LogP contribution in [0.25, 0.3) is 0 Å². The third-order valence-electron chi connectivity index (χ3n) is 1.82. The molecule has 0 aliphatic heterocycles. The van der Waals surface area contributed by atoms with Crippen LogP contribution in [-0.4, -0.2) is 15.2 Å². The number of methoxy groups -OCH3 is 1. The minimum absolute atomic E-state index is 1.07. The van der Waals surface area contributed by atoms with Gasteiger partial charge in [-0.3, -0.25) is 0 Å². The van der Waals surface area contributed by atoms with Gasteiger partial charge in [0, 0.05) is 0 Å². The summed E-state index contributed by atoms with van der Waals surface area (Å²) < 4.78 is 5.33. The molecule has 0 spiro atoms. The molecule has 13 heavy (non-hydrogen) atoms. The Morgan fingerprint density at radius 3 is 2.38 bits per heavy atom. The molecule has 0 aromatic heterocycles. The maximum absolute atomic E-state index is 5.33. The minimum Gasteiger partial charge on any atom is -0.498 e. The number of allylic oxidation sites excluding steroid dienone is 1. The molecular formula is C11H22OSi. The first-order chi connectivity index (χ1) is 6.02. The van der Waals surface area contributed by atoms with Crippen molar-refractivity contribution in [2.75, 3.05) is 7.11 Å². The van der Waals surface area contributed by atoms with Crippen LogP contribution in [0, 0.1) is 0 Å². The quantitative estimate of drug-likeness (QED) is 0.283. The van der Waals surface area contributed by atoms with Crippen molar-refractivity contribution in [1.29, 1.82) is 0 Å². The molecule has 0 saturated heterocycles. The van der Waals surface area contributed by atoms with Gasteiger partial charge in [-0.1, -0.05) is 38.7 Å². The van der Waals surface area contributed by atoms with Gasteiger partial charge in [0.05, 0.1) is 7.11 Å². The number of hydrogen-bond acceptors (Lipinski definition) is 1. The van der Waals surface area contributed by atoms with Crippen molar-refractivity contribution in [2.24, 2.45) is 0 Å². The van der Waals surface area contributed by atoms with Gasteiger partial charge in [-0.15, -0.1) is 0 Å². The van der Waals surface area contributed by atoms with E-state index in [9.17, 15) is 0 Å². The SMILES string of the molecule is CCCCC=C=C(OC)[Si](C)(C)C. The molecule has 0 bridgehead atoms. The third kappa shape index (κ3) is 5.73. The van der Waals surface area contributed by atoms with Crippen molar-refractivity contribution in [1.82, 2.24) is 0 Å². The smallest absolute Gasteiger partial charge is 0.132 e. The molecule has 0 unspecified atom stereocenters. The maximum atomic E-state index is 5.33. The Morgan fingerprint density at radius 2 is 2.00 bits per heavy atom. The Bertz CT molecular complexity index is 195. The number of unbranched alkanes of at least 4 members (excludes halogenated alkanes) is 2. The standard InChI is InChI=1S/C11H22OSi/c1-6-7-8-9-10-11(12-2)13(3,4)5/h9H,6-8H2,1-5H3. The van der Waals surface area contributed by atoms with Crippen LogP contribution in [0.4, 0.5) is 0 Å². The first-order valence-electron chi connectivity index (χ1n) is 5.02. The maximum Gasteiger partial charge on any atom is 0.132 e. The molecule has 0 heterocycles. The second kappa shape index (κ2) is 6.06. The van der Waals surface area contributed by atoms with Gasteiger partial charge in [0.2, 0.25) is 0 Å². The fourth-order valence-corrected chi connectivity index (χ4v) is 2.20. The van der Waals surface area contributed by atoms with Crippen molar-refractivity contribution < 1.29 is 4.74 Å². The normalized spacial score (nSPS) is 10.5. The fraction of sp³-hybridized carbons (Fsp3) is 0.727. The summed E-state index contributed by atoms with van der Waals surface area (Å²) in [7, 11) is 0.450. The minimum atomic E-state index is -1.29. The average Bonchev–Trinajstić information content (AvgIpc) is 2.02. The zero-order valence-corrected chi connectivity index (χ0v) is 10.6. The molecule has 2 heteroatoms. The molecule has 0 saturated carbocycles. The van der Waals surface area contributed by atoms with Gasteiger partial charge in [0.15, 0.2) is 0 Å². The molecule has 0 rings (SSSR count). The molecule has 0 aromatic carbocycles. The van der Waals surface area contributed by atoms with E-state index in [-0.39, 0.29) is 0 Å². The van der Waals surface area contributed by atoms with E-state index in [0.717, 1.165) is 11.8 Å². The van der Waals surface area contributed by atoms with Crippen LogP contribution in [-0.2, 0) is 4.74 Å². The van der Waals surface area contributed by atoms with Crippen LogP contribution in [0.2, 0.25) is 19.6 Å². The van der Waals surface area contributed by atoms with Crippen LogP contribution < -0.4 is 0 Å². The summed E-state index contributed by atoms with van der Waals surface area (Å²) in [4.78, 5) is 0. The predicted octanol–water partition coefficient (Wildman–Crippen LogP) is 3.74. The number of ether oxygens (including phenoxy) is 1. The van der Waals surface area contributed by atoms with Gasteiger partial charge < -0.3 is 4.74 Å². The molecule has 0 atom stereocenters. The molecule has 0 aliphatic rings. The van der Waals surface area contributed by atoms with Crippen LogP contribution in [0.15, 0.2) is 17.2 Å². The van der Waals surface area contributed by atoms with Crippen molar-refractivity contribution >= 4 is 8.07 Å². The van der Waals surface area contributed by atoms with E-state index < -0.39 is 8.07 Å². The highest BCUT2D eigenvalue weighted by Gasteiger charge is 2.20. The molecule has 0 aliphatic carbocycles. The summed E-state index contributed by atoms with van der Waals surface area (Å²) in [5, 5.41) is 1.07. The van der Waals surface area contributed by atoms with Gasteiger partial charge in [0.1, 0.15) is 13.5 Å². The topological polar surface area (TPSA) is 9.23 Å².